The predicted octanol–water partition coefficient (Wildman–Crippen LogP) is 3.07. The summed E-state index contributed by atoms with van der Waals surface area (Å²) in [6.07, 6.45) is 2.62. The van der Waals surface area contributed by atoms with Gasteiger partial charge in [-0.3, -0.25) is 0 Å². The maximum Gasteiger partial charge on any atom is 0.225 e. The number of rotatable bonds is 7. The summed E-state index contributed by atoms with van der Waals surface area (Å²) in [6.45, 7) is 0.646. The van der Waals surface area contributed by atoms with Gasteiger partial charge in [0.25, 0.3) is 0 Å². The Balaban J connectivity index is 1.48. The van der Waals surface area contributed by atoms with Gasteiger partial charge in [-0.05, 0) is 36.2 Å². The summed E-state index contributed by atoms with van der Waals surface area (Å²) in [4.78, 5) is 8.88. The Morgan fingerprint density at radius 3 is 2.55 bits per heavy atom. The number of nitrogens with zero attached hydrogens (tertiary/aromatic N) is 4. The fraction of sp³-hybridized carbons (Fsp3) is 0.190. The molecule has 0 spiro atoms. The highest BCUT2D eigenvalue weighted by molar-refractivity contribution is 5.85. The van der Waals surface area contributed by atoms with Crippen LogP contribution in [0.3, 0.4) is 0 Å². The predicted molar refractivity (Wildman–Crippen MR) is 113 cm³/mol. The van der Waals surface area contributed by atoms with Crippen LogP contribution in [0.25, 0.3) is 16.7 Å². The molecule has 4 aromatic rings. The number of hydrogen-bond acceptors (Lipinski definition) is 7. The molecule has 0 atom stereocenters. The lowest BCUT2D eigenvalue weighted by Gasteiger charge is -2.10. The van der Waals surface area contributed by atoms with Gasteiger partial charge < -0.3 is 20.5 Å². The molecule has 0 aliphatic rings. The Morgan fingerprint density at radius 2 is 1.79 bits per heavy atom. The summed E-state index contributed by atoms with van der Waals surface area (Å²) in [5, 5.41) is 7.73. The highest BCUT2D eigenvalue weighted by atomic mass is 16.5. The topological polar surface area (TPSA) is 100 Å². The molecular weight excluding hydrogens is 368 g/mol. The zero-order valence-corrected chi connectivity index (χ0v) is 16.3. The van der Waals surface area contributed by atoms with Crippen LogP contribution in [0, 0.1) is 0 Å². The van der Waals surface area contributed by atoms with E-state index in [9.17, 15) is 0 Å². The van der Waals surface area contributed by atoms with Crippen molar-refractivity contribution >= 4 is 22.8 Å². The molecule has 0 fully saturated rings. The first-order chi connectivity index (χ1) is 14.2. The first-order valence-corrected chi connectivity index (χ1v) is 9.21. The van der Waals surface area contributed by atoms with E-state index in [2.05, 4.69) is 20.4 Å². The monoisotopic (exact) mass is 390 g/mol. The number of nitrogen functional groups attached to an aromatic ring is 1. The van der Waals surface area contributed by atoms with Gasteiger partial charge in [-0.25, -0.2) is 9.67 Å². The number of anilines is 2. The second-order valence-electron chi connectivity index (χ2n) is 6.44. The quantitative estimate of drug-likeness (QED) is 0.500. The van der Waals surface area contributed by atoms with Crippen molar-refractivity contribution in [1.82, 2.24) is 19.7 Å². The molecular formula is C21H22N6O2. The van der Waals surface area contributed by atoms with Crippen LogP contribution in [-0.4, -0.2) is 40.5 Å². The summed E-state index contributed by atoms with van der Waals surface area (Å²) < 4.78 is 12.4. The number of fused-ring (bicyclic) bond motifs is 1. The molecule has 29 heavy (non-hydrogen) atoms. The van der Waals surface area contributed by atoms with Gasteiger partial charge in [-0.2, -0.15) is 10.1 Å². The van der Waals surface area contributed by atoms with Gasteiger partial charge in [0.1, 0.15) is 5.52 Å². The molecule has 0 bridgehead atoms. The molecule has 4 rings (SSSR count). The molecule has 8 heteroatoms. The lowest BCUT2D eigenvalue weighted by molar-refractivity contribution is 0.354. The summed E-state index contributed by atoms with van der Waals surface area (Å²) >= 11 is 0. The van der Waals surface area contributed by atoms with Crippen LogP contribution < -0.4 is 20.5 Å². The van der Waals surface area contributed by atoms with Crippen molar-refractivity contribution in [3.8, 4) is 17.2 Å². The maximum atomic E-state index is 6.10. The smallest absolute Gasteiger partial charge is 0.225 e. The van der Waals surface area contributed by atoms with Gasteiger partial charge in [0.15, 0.2) is 22.8 Å². The van der Waals surface area contributed by atoms with E-state index in [1.165, 1.54) is 0 Å². The summed E-state index contributed by atoms with van der Waals surface area (Å²) in [5.74, 6) is 2.24. The number of aromatic nitrogens is 4. The zero-order valence-electron chi connectivity index (χ0n) is 16.3. The molecule has 0 aliphatic carbocycles. The molecule has 2 heterocycles. The number of para-hydroxylation sites is 1. The van der Waals surface area contributed by atoms with E-state index in [-0.39, 0.29) is 0 Å². The third kappa shape index (κ3) is 3.91. The molecule has 8 nitrogen and oxygen atoms in total. The third-order valence-electron chi connectivity index (χ3n) is 4.56. The molecule has 148 valence electrons. The number of nitrogens with two attached hydrogens (primary N) is 1. The van der Waals surface area contributed by atoms with Gasteiger partial charge in [-0.1, -0.05) is 24.3 Å². The maximum absolute atomic E-state index is 6.10. The van der Waals surface area contributed by atoms with Crippen molar-refractivity contribution in [2.24, 2.45) is 0 Å². The van der Waals surface area contributed by atoms with E-state index >= 15 is 0 Å². The van der Waals surface area contributed by atoms with E-state index < -0.39 is 0 Å². The Hall–Kier alpha value is -3.81. The molecule has 0 amide bonds. The number of hydrogen-bond donors (Lipinski definition) is 2. The van der Waals surface area contributed by atoms with Crippen molar-refractivity contribution in [2.75, 3.05) is 31.8 Å². The fourth-order valence-electron chi connectivity index (χ4n) is 3.08. The number of ether oxygens (including phenoxy) is 2. The Bertz CT molecular complexity index is 1130. The SMILES string of the molecule is COc1ccc(CCNc2nc(N)c3nn(-c4ccccc4)cc3n2)cc1OC. The average molecular weight is 390 g/mol. The Labute approximate surface area is 168 Å². The minimum absolute atomic E-state index is 0.346. The Morgan fingerprint density at radius 1 is 1.00 bits per heavy atom. The minimum atomic E-state index is 0.346. The van der Waals surface area contributed by atoms with Crippen LogP contribution >= 0.6 is 0 Å². The molecule has 2 aromatic carbocycles. The summed E-state index contributed by atoms with van der Waals surface area (Å²) in [7, 11) is 3.25. The number of methoxy groups -OCH3 is 2. The third-order valence-corrected chi connectivity index (χ3v) is 4.56. The van der Waals surface area contributed by atoms with Crippen molar-refractivity contribution in [2.45, 2.75) is 6.42 Å². The first-order valence-electron chi connectivity index (χ1n) is 9.21. The second-order valence-corrected chi connectivity index (χ2v) is 6.44. The van der Waals surface area contributed by atoms with E-state index in [0.717, 1.165) is 17.7 Å². The van der Waals surface area contributed by atoms with E-state index in [0.29, 0.717) is 40.8 Å². The molecule has 0 saturated heterocycles. The van der Waals surface area contributed by atoms with Gasteiger partial charge in [0.05, 0.1) is 26.1 Å². The standard InChI is InChI=1S/C21H22N6O2/c1-28-17-9-8-14(12-18(17)29-2)10-11-23-21-24-16-13-27(15-6-4-3-5-7-15)26-19(16)20(22)25-21/h3-9,12-13H,10-11H2,1-2H3,(H3,22,23,24,25). The largest absolute Gasteiger partial charge is 0.493 e. The van der Waals surface area contributed by atoms with Crippen LogP contribution in [-0.2, 0) is 6.42 Å². The lowest BCUT2D eigenvalue weighted by Crippen LogP contribution is -2.09. The molecule has 3 N–H and O–H groups in total. The molecule has 0 unspecified atom stereocenters. The van der Waals surface area contributed by atoms with E-state index in [1.54, 1.807) is 18.9 Å². The van der Waals surface area contributed by atoms with Gasteiger partial charge in [-0.15, -0.1) is 0 Å². The first kappa shape index (κ1) is 18.5. The van der Waals surface area contributed by atoms with Crippen molar-refractivity contribution < 1.29 is 9.47 Å². The van der Waals surface area contributed by atoms with Crippen LogP contribution in [0.4, 0.5) is 11.8 Å². The van der Waals surface area contributed by atoms with Crippen LogP contribution in [0.5, 0.6) is 11.5 Å². The van der Waals surface area contributed by atoms with E-state index in [1.807, 2.05) is 54.7 Å². The summed E-state index contributed by atoms with van der Waals surface area (Å²) in [6, 6.07) is 15.7. The molecule has 0 saturated carbocycles. The number of benzene rings is 2. The van der Waals surface area contributed by atoms with Crippen molar-refractivity contribution in [3.63, 3.8) is 0 Å². The highest BCUT2D eigenvalue weighted by Gasteiger charge is 2.11. The summed E-state index contributed by atoms with van der Waals surface area (Å²) in [5.41, 5.74) is 9.43. The molecule has 0 radical (unpaired) electrons. The lowest BCUT2D eigenvalue weighted by atomic mass is 10.1. The Kier molecular flexibility index (Phi) is 5.15. The molecule has 0 aliphatic heterocycles. The van der Waals surface area contributed by atoms with Gasteiger partial charge in [0, 0.05) is 6.54 Å². The van der Waals surface area contributed by atoms with Crippen LogP contribution in [0.15, 0.2) is 54.7 Å². The fourth-order valence-corrected chi connectivity index (χ4v) is 3.08. The van der Waals surface area contributed by atoms with Crippen LogP contribution in [0.2, 0.25) is 0 Å². The van der Waals surface area contributed by atoms with Gasteiger partial charge >= 0.3 is 0 Å². The second kappa shape index (κ2) is 8.05. The molecule has 2 aromatic heterocycles. The normalized spacial score (nSPS) is 10.8. The number of nitrogens with one attached hydrogen (secondary N) is 1. The van der Waals surface area contributed by atoms with E-state index in [4.69, 9.17) is 15.2 Å². The van der Waals surface area contributed by atoms with Gasteiger partial charge in [0.2, 0.25) is 5.95 Å². The van der Waals surface area contributed by atoms with Crippen LogP contribution in [0.1, 0.15) is 5.56 Å². The van der Waals surface area contributed by atoms with Crippen molar-refractivity contribution in [1.29, 1.82) is 0 Å². The zero-order chi connectivity index (χ0) is 20.2. The van der Waals surface area contributed by atoms with Crippen molar-refractivity contribution in [3.05, 3.63) is 60.3 Å². The average Bonchev–Trinajstić information content (AvgIpc) is 3.19. The minimum Gasteiger partial charge on any atom is -0.493 e. The highest BCUT2D eigenvalue weighted by Crippen LogP contribution is 2.27.